The second-order valence-electron chi connectivity index (χ2n) is 3.49. The van der Waals surface area contributed by atoms with E-state index in [0.29, 0.717) is 4.47 Å². The molecule has 0 atom stereocenters. The van der Waals surface area contributed by atoms with Gasteiger partial charge in [-0.3, -0.25) is 0 Å². The van der Waals surface area contributed by atoms with Gasteiger partial charge in [-0.1, -0.05) is 0 Å². The maximum atomic E-state index is 13.2. The molecule has 84 valence electrons. The molecule has 1 nitrogen and oxygen atoms in total. The molecule has 0 radical (unpaired) electrons. The average Bonchev–Trinajstić information content (AvgIpc) is 2.66. The van der Waals surface area contributed by atoms with Gasteiger partial charge in [-0.25, -0.2) is 4.39 Å². The third-order valence-electron chi connectivity index (χ3n) is 2.18. The first-order valence-electron chi connectivity index (χ1n) is 4.89. The molecule has 0 fully saturated rings. The number of hydrogen-bond acceptors (Lipinski definition) is 2. The Morgan fingerprint density at radius 2 is 2.12 bits per heavy atom. The summed E-state index contributed by atoms with van der Waals surface area (Å²) in [5, 5.41) is 3.19. The Morgan fingerprint density at radius 1 is 1.31 bits per heavy atom. The normalized spacial score (nSPS) is 10.4. The minimum Gasteiger partial charge on any atom is -0.380 e. The highest BCUT2D eigenvalue weighted by molar-refractivity contribution is 9.10. The summed E-state index contributed by atoms with van der Waals surface area (Å²) in [4.78, 5) is 2.54. The van der Waals surface area contributed by atoms with Crippen LogP contribution in [0.1, 0.15) is 9.75 Å². The van der Waals surface area contributed by atoms with Crippen molar-refractivity contribution in [1.29, 1.82) is 0 Å². The predicted molar refractivity (Wildman–Crippen MR) is 70.5 cm³/mol. The first kappa shape index (κ1) is 11.6. The largest absolute Gasteiger partial charge is 0.380 e. The third-order valence-corrected chi connectivity index (χ3v) is 3.83. The molecule has 1 aromatic heterocycles. The third kappa shape index (κ3) is 2.83. The van der Waals surface area contributed by atoms with Crippen molar-refractivity contribution in [2.75, 3.05) is 5.32 Å². The molecule has 0 bridgehead atoms. The molecule has 1 aromatic carbocycles. The number of hydrogen-bond donors (Lipinski definition) is 1. The summed E-state index contributed by atoms with van der Waals surface area (Å²) >= 11 is 4.88. The Hall–Kier alpha value is -0.870. The number of thiophene rings is 1. The smallest absolute Gasteiger partial charge is 0.139 e. The Kier molecular flexibility index (Phi) is 3.61. The number of nitrogens with one attached hydrogen (secondary N) is 1. The van der Waals surface area contributed by atoms with Crippen LogP contribution in [0.2, 0.25) is 0 Å². The van der Waals surface area contributed by atoms with Crippen molar-refractivity contribution in [2.24, 2.45) is 0 Å². The Labute approximate surface area is 106 Å². The van der Waals surface area contributed by atoms with Crippen LogP contribution in [0, 0.1) is 12.7 Å². The van der Waals surface area contributed by atoms with E-state index >= 15 is 0 Å². The van der Waals surface area contributed by atoms with E-state index in [9.17, 15) is 4.39 Å². The Balaban J connectivity index is 2.02. The monoisotopic (exact) mass is 299 g/mol. The van der Waals surface area contributed by atoms with Gasteiger partial charge in [-0.15, -0.1) is 11.3 Å². The van der Waals surface area contributed by atoms with Crippen LogP contribution in [0.5, 0.6) is 0 Å². The molecule has 16 heavy (non-hydrogen) atoms. The van der Waals surface area contributed by atoms with Gasteiger partial charge in [0.2, 0.25) is 0 Å². The van der Waals surface area contributed by atoms with E-state index in [0.717, 1.165) is 12.2 Å². The number of aryl methyl sites for hydroxylation is 1. The summed E-state index contributed by atoms with van der Waals surface area (Å²) in [6.45, 7) is 2.81. The fourth-order valence-corrected chi connectivity index (χ4v) is 2.45. The van der Waals surface area contributed by atoms with Crippen LogP contribution < -0.4 is 5.32 Å². The van der Waals surface area contributed by atoms with Crippen molar-refractivity contribution in [3.63, 3.8) is 0 Å². The quantitative estimate of drug-likeness (QED) is 0.875. The van der Waals surface area contributed by atoms with E-state index in [1.54, 1.807) is 17.4 Å². The van der Waals surface area contributed by atoms with Crippen molar-refractivity contribution >= 4 is 33.0 Å². The zero-order chi connectivity index (χ0) is 11.5. The van der Waals surface area contributed by atoms with Crippen LogP contribution >= 0.6 is 27.3 Å². The lowest BCUT2D eigenvalue weighted by Crippen LogP contribution is -1.97. The fraction of sp³-hybridized carbons (Fsp3) is 0.167. The topological polar surface area (TPSA) is 12.0 Å². The van der Waals surface area contributed by atoms with Crippen molar-refractivity contribution in [3.8, 4) is 0 Å². The second-order valence-corrected chi connectivity index (χ2v) is 5.72. The molecule has 0 aliphatic heterocycles. The summed E-state index contributed by atoms with van der Waals surface area (Å²) in [5.74, 6) is -0.243. The van der Waals surface area contributed by atoms with E-state index in [1.807, 2.05) is 6.07 Å². The highest BCUT2D eigenvalue weighted by Gasteiger charge is 2.01. The van der Waals surface area contributed by atoms with E-state index in [2.05, 4.69) is 40.3 Å². The van der Waals surface area contributed by atoms with Crippen molar-refractivity contribution in [3.05, 3.63) is 50.4 Å². The van der Waals surface area contributed by atoms with Gasteiger partial charge in [0.25, 0.3) is 0 Å². The van der Waals surface area contributed by atoms with Crippen LogP contribution in [-0.4, -0.2) is 0 Å². The van der Waals surface area contributed by atoms with Crippen molar-refractivity contribution < 1.29 is 4.39 Å². The summed E-state index contributed by atoms with van der Waals surface area (Å²) < 4.78 is 13.7. The molecular formula is C12H11BrFNS. The van der Waals surface area contributed by atoms with Gasteiger partial charge in [0, 0.05) is 22.0 Å². The van der Waals surface area contributed by atoms with Crippen LogP contribution in [-0.2, 0) is 6.54 Å². The molecule has 0 unspecified atom stereocenters. The zero-order valence-electron chi connectivity index (χ0n) is 8.76. The van der Waals surface area contributed by atoms with Gasteiger partial charge in [0.05, 0.1) is 4.47 Å². The summed E-state index contributed by atoms with van der Waals surface area (Å²) in [5.41, 5.74) is 0.798. The predicted octanol–water partition coefficient (Wildman–Crippen LogP) is 4.57. The van der Waals surface area contributed by atoms with Gasteiger partial charge in [0.1, 0.15) is 5.82 Å². The number of rotatable bonds is 3. The summed E-state index contributed by atoms with van der Waals surface area (Å²) in [6.07, 6.45) is 0. The number of anilines is 1. The lowest BCUT2D eigenvalue weighted by molar-refractivity contribution is 0.621. The first-order valence-corrected chi connectivity index (χ1v) is 6.50. The van der Waals surface area contributed by atoms with Crippen LogP contribution in [0.3, 0.4) is 0 Å². The van der Waals surface area contributed by atoms with Gasteiger partial charge in [-0.05, 0) is 53.2 Å². The van der Waals surface area contributed by atoms with E-state index < -0.39 is 0 Å². The summed E-state index contributed by atoms with van der Waals surface area (Å²) in [6, 6.07) is 9.22. The van der Waals surface area contributed by atoms with Gasteiger partial charge in [-0.2, -0.15) is 0 Å². The molecule has 2 aromatic rings. The molecule has 2 rings (SSSR count). The van der Waals surface area contributed by atoms with Crippen LogP contribution in [0.15, 0.2) is 34.8 Å². The molecule has 0 aliphatic carbocycles. The first-order chi connectivity index (χ1) is 7.65. The molecule has 0 amide bonds. The van der Waals surface area contributed by atoms with Crippen LogP contribution in [0.4, 0.5) is 10.1 Å². The fourth-order valence-electron chi connectivity index (χ4n) is 1.38. The minimum atomic E-state index is -0.243. The molecule has 1 N–H and O–H groups in total. The lowest BCUT2D eigenvalue weighted by atomic mass is 10.3. The molecule has 4 heteroatoms. The standard InChI is InChI=1S/C12H11BrFNS/c1-8-2-4-10(16-8)7-15-9-3-5-11(13)12(14)6-9/h2-6,15H,7H2,1H3. The molecule has 0 spiro atoms. The highest BCUT2D eigenvalue weighted by Crippen LogP contribution is 2.21. The molecule has 0 saturated heterocycles. The maximum absolute atomic E-state index is 13.2. The van der Waals surface area contributed by atoms with Gasteiger partial charge >= 0.3 is 0 Å². The Morgan fingerprint density at radius 3 is 2.75 bits per heavy atom. The summed E-state index contributed by atoms with van der Waals surface area (Å²) in [7, 11) is 0. The molecule has 0 saturated carbocycles. The Bertz CT molecular complexity index is 496. The van der Waals surface area contributed by atoms with E-state index in [4.69, 9.17) is 0 Å². The van der Waals surface area contributed by atoms with Gasteiger partial charge < -0.3 is 5.32 Å². The minimum absolute atomic E-state index is 0.243. The number of benzene rings is 1. The van der Waals surface area contributed by atoms with Crippen molar-refractivity contribution in [1.82, 2.24) is 0 Å². The average molecular weight is 300 g/mol. The highest BCUT2D eigenvalue weighted by atomic mass is 79.9. The van der Waals surface area contributed by atoms with Crippen molar-refractivity contribution in [2.45, 2.75) is 13.5 Å². The SMILES string of the molecule is Cc1ccc(CNc2ccc(Br)c(F)c2)s1. The van der Waals surface area contributed by atoms with E-state index in [1.165, 1.54) is 15.8 Å². The van der Waals surface area contributed by atoms with Gasteiger partial charge in [0.15, 0.2) is 0 Å². The molecule has 0 aliphatic rings. The van der Waals surface area contributed by atoms with Crippen LogP contribution in [0.25, 0.3) is 0 Å². The zero-order valence-corrected chi connectivity index (χ0v) is 11.2. The lowest BCUT2D eigenvalue weighted by Gasteiger charge is -2.05. The molecular weight excluding hydrogens is 289 g/mol. The number of halogens is 2. The maximum Gasteiger partial charge on any atom is 0.139 e. The molecule has 1 heterocycles. The second kappa shape index (κ2) is 4.97. The van der Waals surface area contributed by atoms with E-state index in [-0.39, 0.29) is 5.82 Å².